The second-order valence-electron chi connectivity index (χ2n) is 6.50. The number of hydrogen-bond donors (Lipinski definition) is 1. The van der Waals surface area contributed by atoms with E-state index in [4.69, 9.17) is 21.1 Å². The van der Waals surface area contributed by atoms with Crippen molar-refractivity contribution in [3.8, 4) is 5.75 Å². The largest absolute Gasteiger partial charge is 0.495 e. The maximum Gasteiger partial charge on any atom is 0.356 e. The van der Waals surface area contributed by atoms with Crippen LogP contribution in [0.5, 0.6) is 5.75 Å². The number of ether oxygens (including phenoxy) is 2. The fourth-order valence-electron chi connectivity index (χ4n) is 3.56. The molecule has 1 fully saturated rings. The molecule has 2 aromatic carbocycles. The number of hydrazine groups is 1. The summed E-state index contributed by atoms with van der Waals surface area (Å²) in [6.45, 7) is 1.77. The van der Waals surface area contributed by atoms with Gasteiger partial charge in [-0.1, -0.05) is 35.9 Å². The Labute approximate surface area is 177 Å². The van der Waals surface area contributed by atoms with Crippen LogP contribution in [0.3, 0.4) is 0 Å². The van der Waals surface area contributed by atoms with Crippen molar-refractivity contribution in [3.05, 3.63) is 64.8 Å². The van der Waals surface area contributed by atoms with Gasteiger partial charge in [0.25, 0.3) is 11.8 Å². The number of fused-ring (bicyclic) bond motifs is 1. The van der Waals surface area contributed by atoms with Crippen LogP contribution in [-0.4, -0.2) is 37.5 Å². The fourth-order valence-corrected chi connectivity index (χ4v) is 3.79. The van der Waals surface area contributed by atoms with Gasteiger partial charge in [-0.2, -0.15) is 0 Å². The first-order valence-electron chi connectivity index (χ1n) is 9.22. The Bertz CT molecular complexity index is 1080. The summed E-state index contributed by atoms with van der Waals surface area (Å²) in [6.07, 6.45) is 0. The number of benzene rings is 2. The molecule has 0 bridgehead atoms. The molecule has 9 heteroatoms. The first kappa shape index (κ1) is 19.8. The summed E-state index contributed by atoms with van der Waals surface area (Å²) in [4.78, 5) is 40.3. The van der Waals surface area contributed by atoms with Gasteiger partial charge in [0, 0.05) is 0 Å². The van der Waals surface area contributed by atoms with E-state index in [-0.39, 0.29) is 17.9 Å². The average Bonchev–Trinajstić information content (AvgIpc) is 3.25. The van der Waals surface area contributed by atoms with E-state index in [1.807, 2.05) is 0 Å². The highest BCUT2D eigenvalue weighted by molar-refractivity contribution is 6.36. The van der Waals surface area contributed by atoms with Crippen molar-refractivity contribution < 1.29 is 23.9 Å². The van der Waals surface area contributed by atoms with E-state index < -0.39 is 23.8 Å². The molecule has 2 heterocycles. The Balaban J connectivity index is 1.86. The maximum atomic E-state index is 13.4. The Morgan fingerprint density at radius 3 is 2.43 bits per heavy atom. The van der Waals surface area contributed by atoms with Crippen molar-refractivity contribution >= 4 is 40.8 Å². The lowest BCUT2D eigenvalue weighted by Crippen LogP contribution is -2.46. The number of nitrogens with zero attached hydrogens (tertiary/aromatic N) is 2. The molecule has 2 aliphatic heterocycles. The van der Waals surface area contributed by atoms with Crippen LogP contribution in [0.4, 0.5) is 11.4 Å². The summed E-state index contributed by atoms with van der Waals surface area (Å²) < 4.78 is 10.4. The number of methoxy groups -OCH3 is 1. The molecular formula is C21H18ClN3O5. The number of halogens is 1. The average molecular weight is 428 g/mol. The van der Waals surface area contributed by atoms with Crippen LogP contribution in [0.25, 0.3) is 0 Å². The minimum atomic E-state index is -1.08. The monoisotopic (exact) mass is 427 g/mol. The molecule has 0 aliphatic carbocycles. The summed E-state index contributed by atoms with van der Waals surface area (Å²) in [7, 11) is 1.45. The van der Waals surface area contributed by atoms with E-state index in [9.17, 15) is 14.4 Å². The smallest absolute Gasteiger partial charge is 0.356 e. The maximum absolute atomic E-state index is 13.4. The van der Waals surface area contributed by atoms with Crippen LogP contribution in [0, 0.1) is 0 Å². The molecule has 0 unspecified atom stereocenters. The van der Waals surface area contributed by atoms with Gasteiger partial charge in [-0.05, 0) is 31.2 Å². The topological polar surface area (TPSA) is 88.2 Å². The number of carbonyl (C=O) groups is 3. The summed E-state index contributed by atoms with van der Waals surface area (Å²) in [5.74, 6) is -1.53. The summed E-state index contributed by atoms with van der Waals surface area (Å²) in [6, 6.07) is 12.4. The number of imide groups is 1. The molecule has 154 valence electrons. The van der Waals surface area contributed by atoms with Crippen LogP contribution in [0.15, 0.2) is 59.8 Å². The highest BCUT2D eigenvalue weighted by Gasteiger charge is 2.55. The predicted molar refractivity (Wildman–Crippen MR) is 110 cm³/mol. The highest BCUT2D eigenvalue weighted by atomic mass is 35.5. The third-order valence-electron chi connectivity index (χ3n) is 4.84. The number of anilines is 2. The molecule has 30 heavy (non-hydrogen) atoms. The molecule has 0 radical (unpaired) electrons. The Kier molecular flexibility index (Phi) is 5.09. The summed E-state index contributed by atoms with van der Waals surface area (Å²) in [5, 5.41) is 1.77. The van der Waals surface area contributed by atoms with Crippen LogP contribution in [-0.2, 0) is 19.1 Å². The number of hydrogen-bond acceptors (Lipinski definition) is 7. The first-order valence-corrected chi connectivity index (χ1v) is 9.60. The number of esters is 1. The van der Waals surface area contributed by atoms with Crippen LogP contribution in [0.1, 0.15) is 6.92 Å². The number of rotatable bonds is 5. The molecule has 0 spiro atoms. The zero-order valence-electron chi connectivity index (χ0n) is 16.2. The SMILES string of the molecule is CCOC(=O)C1=C2C(=O)N(c3ccccc3OC)C(=O)[C@@H]2N(c2ccccc2Cl)N1. The van der Waals surface area contributed by atoms with Gasteiger partial charge < -0.3 is 9.47 Å². The van der Waals surface area contributed by atoms with Crippen LogP contribution >= 0.6 is 11.6 Å². The lowest BCUT2D eigenvalue weighted by molar-refractivity contribution is -0.139. The molecule has 1 N–H and O–H groups in total. The molecule has 2 aliphatic rings. The van der Waals surface area contributed by atoms with E-state index in [2.05, 4.69) is 5.43 Å². The number of carbonyl (C=O) groups excluding carboxylic acids is 3. The zero-order valence-corrected chi connectivity index (χ0v) is 17.0. The van der Waals surface area contributed by atoms with E-state index >= 15 is 0 Å². The van der Waals surface area contributed by atoms with Crippen molar-refractivity contribution in [2.24, 2.45) is 0 Å². The van der Waals surface area contributed by atoms with Crippen molar-refractivity contribution in [1.29, 1.82) is 0 Å². The summed E-state index contributed by atoms with van der Waals surface area (Å²) in [5.41, 5.74) is 3.51. The zero-order chi connectivity index (χ0) is 21.4. The lowest BCUT2D eigenvalue weighted by Gasteiger charge is -2.27. The number of nitrogens with one attached hydrogen (secondary N) is 1. The highest BCUT2D eigenvalue weighted by Crippen LogP contribution is 2.41. The lowest BCUT2D eigenvalue weighted by atomic mass is 10.1. The van der Waals surface area contributed by atoms with Gasteiger partial charge in [0.15, 0.2) is 11.7 Å². The van der Waals surface area contributed by atoms with Crippen LogP contribution in [0.2, 0.25) is 5.02 Å². The molecule has 0 saturated carbocycles. The van der Waals surface area contributed by atoms with Crippen LogP contribution < -0.4 is 20.1 Å². The fraction of sp³-hybridized carbons (Fsp3) is 0.190. The minimum absolute atomic E-state index is 0.00396. The summed E-state index contributed by atoms with van der Waals surface area (Å²) >= 11 is 6.32. The van der Waals surface area contributed by atoms with Crippen molar-refractivity contribution in [2.75, 3.05) is 23.6 Å². The molecule has 1 saturated heterocycles. The first-order chi connectivity index (χ1) is 14.5. The second kappa shape index (κ2) is 7.72. The van der Waals surface area contributed by atoms with Crippen molar-refractivity contribution in [3.63, 3.8) is 0 Å². The van der Waals surface area contributed by atoms with Gasteiger partial charge >= 0.3 is 5.97 Å². The van der Waals surface area contributed by atoms with Gasteiger partial charge in [0.05, 0.1) is 35.7 Å². The Hall–Kier alpha value is -3.52. The molecule has 2 amide bonds. The second-order valence-corrected chi connectivity index (χ2v) is 6.90. The van der Waals surface area contributed by atoms with Crippen molar-refractivity contribution in [1.82, 2.24) is 5.43 Å². The minimum Gasteiger partial charge on any atom is -0.495 e. The normalized spacial score (nSPS) is 17.9. The van der Waals surface area contributed by atoms with Gasteiger partial charge in [-0.15, -0.1) is 0 Å². The van der Waals surface area contributed by atoms with Gasteiger partial charge in [-0.25, -0.2) is 9.69 Å². The van der Waals surface area contributed by atoms with E-state index in [0.29, 0.717) is 22.1 Å². The Morgan fingerprint density at radius 1 is 1.10 bits per heavy atom. The molecule has 1 atom stereocenters. The number of para-hydroxylation sites is 3. The molecular weight excluding hydrogens is 410 g/mol. The Morgan fingerprint density at radius 2 is 1.77 bits per heavy atom. The van der Waals surface area contributed by atoms with E-state index in [0.717, 1.165) is 4.90 Å². The number of amides is 2. The third-order valence-corrected chi connectivity index (χ3v) is 5.16. The quantitative estimate of drug-likeness (QED) is 0.579. The van der Waals surface area contributed by atoms with Gasteiger partial charge in [-0.3, -0.25) is 20.0 Å². The van der Waals surface area contributed by atoms with Crippen molar-refractivity contribution in [2.45, 2.75) is 13.0 Å². The van der Waals surface area contributed by atoms with E-state index in [1.54, 1.807) is 55.5 Å². The molecule has 0 aromatic heterocycles. The van der Waals surface area contributed by atoms with E-state index in [1.165, 1.54) is 12.1 Å². The predicted octanol–water partition coefficient (Wildman–Crippen LogP) is 2.43. The molecule has 2 aromatic rings. The molecule has 8 nitrogen and oxygen atoms in total. The molecule has 4 rings (SSSR count). The standard InChI is InChI=1S/C21H18ClN3O5/c1-3-30-21(28)17-16-18(25(23-17)13-9-5-4-8-12(13)22)20(27)24(19(16)26)14-10-6-7-11-15(14)29-2/h4-11,18,23H,3H2,1-2H3/t18-/m1/s1. The van der Waals surface area contributed by atoms with Gasteiger partial charge in [0.1, 0.15) is 5.75 Å². The van der Waals surface area contributed by atoms with Gasteiger partial charge in [0.2, 0.25) is 0 Å². The third kappa shape index (κ3) is 2.96.